The molecule has 0 amide bonds. The molecule has 0 bridgehead atoms. The molecule has 0 atom stereocenters. The Labute approximate surface area is 90.7 Å². The number of terminal acetylenes is 1. The van der Waals surface area contributed by atoms with Gasteiger partial charge < -0.3 is 0 Å². The molecule has 0 unspecified atom stereocenters. The van der Waals surface area contributed by atoms with E-state index in [2.05, 4.69) is 23.8 Å². The lowest BCUT2D eigenvalue weighted by Crippen LogP contribution is -2.22. The monoisotopic (exact) mass is 207 g/mol. The van der Waals surface area contributed by atoms with Crippen molar-refractivity contribution in [2.45, 2.75) is 13.5 Å². The lowest BCUT2D eigenvalue weighted by atomic mass is 10.2. The molecular formula is C12H14ClN. The number of rotatable bonds is 4. The molecule has 0 N–H and O–H groups in total. The SMILES string of the molecule is C#CCN(CC)Cc1cccc(Cl)c1. The van der Waals surface area contributed by atoms with Crippen LogP contribution >= 0.6 is 11.6 Å². The minimum absolute atomic E-state index is 0.684. The van der Waals surface area contributed by atoms with Crippen LogP contribution in [0.5, 0.6) is 0 Å². The number of hydrogen-bond acceptors (Lipinski definition) is 1. The van der Waals surface area contributed by atoms with Crippen LogP contribution in [0, 0.1) is 12.3 Å². The van der Waals surface area contributed by atoms with Crippen LogP contribution in [0.2, 0.25) is 5.02 Å². The van der Waals surface area contributed by atoms with Gasteiger partial charge in [-0.05, 0) is 24.2 Å². The van der Waals surface area contributed by atoms with E-state index in [1.807, 2.05) is 18.2 Å². The summed E-state index contributed by atoms with van der Waals surface area (Å²) in [5.74, 6) is 2.65. The molecule has 74 valence electrons. The minimum Gasteiger partial charge on any atom is -0.288 e. The Morgan fingerprint density at radius 3 is 2.86 bits per heavy atom. The van der Waals surface area contributed by atoms with Crippen LogP contribution in [0.15, 0.2) is 24.3 Å². The van der Waals surface area contributed by atoms with Crippen molar-refractivity contribution in [3.63, 3.8) is 0 Å². The molecule has 0 fully saturated rings. The zero-order chi connectivity index (χ0) is 10.4. The molecule has 0 aliphatic heterocycles. The standard InChI is InChI=1S/C12H14ClN/c1-3-8-14(4-2)10-11-6-5-7-12(13)9-11/h1,5-7,9H,4,8,10H2,2H3. The van der Waals surface area contributed by atoms with Crippen LogP contribution in [0.4, 0.5) is 0 Å². The second-order valence-electron chi connectivity index (χ2n) is 3.14. The van der Waals surface area contributed by atoms with Gasteiger partial charge in [0.05, 0.1) is 6.54 Å². The summed E-state index contributed by atoms with van der Waals surface area (Å²) >= 11 is 5.89. The van der Waals surface area contributed by atoms with Gasteiger partial charge in [0.1, 0.15) is 0 Å². The second-order valence-corrected chi connectivity index (χ2v) is 3.57. The molecular weight excluding hydrogens is 194 g/mol. The first kappa shape index (κ1) is 11.1. The summed E-state index contributed by atoms with van der Waals surface area (Å²) in [5.41, 5.74) is 1.20. The van der Waals surface area contributed by atoms with E-state index in [4.69, 9.17) is 18.0 Å². The first-order valence-corrected chi connectivity index (χ1v) is 5.04. The molecule has 1 nitrogen and oxygen atoms in total. The van der Waals surface area contributed by atoms with Gasteiger partial charge in [-0.1, -0.05) is 36.6 Å². The van der Waals surface area contributed by atoms with Gasteiger partial charge in [-0.15, -0.1) is 6.42 Å². The highest BCUT2D eigenvalue weighted by atomic mass is 35.5. The average Bonchev–Trinajstić information content (AvgIpc) is 2.17. The number of nitrogens with zero attached hydrogens (tertiary/aromatic N) is 1. The van der Waals surface area contributed by atoms with Gasteiger partial charge in [0.25, 0.3) is 0 Å². The topological polar surface area (TPSA) is 3.24 Å². The van der Waals surface area contributed by atoms with E-state index >= 15 is 0 Å². The number of hydrogen-bond donors (Lipinski definition) is 0. The predicted molar refractivity (Wildman–Crippen MR) is 61.2 cm³/mol. The normalized spacial score (nSPS) is 10.1. The van der Waals surface area contributed by atoms with Crippen molar-refractivity contribution >= 4 is 11.6 Å². The third-order valence-corrected chi connectivity index (χ3v) is 2.29. The fourth-order valence-electron chi connectivity index (χ4n) is 1.30. The molecule has 1 aromatic rings. The fraction of sp³-hybridized carbons (Fsp3) is 0.333. The lowest BCUT2D eigenvalue weighted by molar-refractivity contribution is 0.316. The summed E-state index contributed by atoms with van der Waals surface area (Å²) in [7, 11) is 0. The lowest BCUT2D eigenvalue weighted by Gasteiger charge is -2.17. The fourth-order valence-corrected chi connectivity index (χ4v) is 1.52. The Balaban J connectivity index is 2.63. The molecule has 0 saturated heterocycles. The summed E-state index contributed by atoms with van der Waals surface area (Å²) in [6.45, 7) is 4.60. The van der Waals surface area contributed by atoms with E-state index in [0.29, 0.717) is 6.54 Å². The zero-order valence-corrected chi connectivity index (χ0v) is 9.09. The highest BCUT2D eigenvalue weighted by Gasteiger charge is 2.01. The van der Waals surface area contributed by atoms with Crippen LogP contribution in [-0.2, 0) is 6.54 Å². The molecule has 0 aliphatic rings. The summed E-state index contributed by atoms with van der Waals surface area (Å²) < 4.78 is 0. The first-order valence-electron chi connectivity index (χ1n) is 4.66. The van der Waals surface area contributed by atoms with Crippen LogP contribution in [0.1, 0.15) is 12.5 Å². The van der Waals surface area contributed by atoms with Crippen molar-refractivity contribution in [2.75, 3.05) is 13.1 Å². The van der Waals surface area contributed by atoms with Crippen molar-refractivity contribution in [2.24, 2.45) is 0 Å². The molecule has 0 heterocycles. The van der Waals surface area contributed by atoms with Gasteiger partial charge >= 0.3 is 0 Å². The van der Waals surface area contributed by atoms with Gasteiger partial charge in [0.2, 0.25) is 0 Å². The minimum atomic E-state index is 0.684. The Morgan fingerprint density at radius 1 is 1.50 bits per heavy atom. The maximum Gasteiger partial charge on any atom is 0.0601 e. The molecule has 14 heavy (non-hydrogen) atoms. The van der Waals surface area contributed by atoms with Crippen LogP contribution in [-0.4, -0.2) is 18.0 Å². The Kier molecular flexibility index (Phi) is 4.52. The van der Waals surface area contributed by atoms with E-state index in [9.17, 15) is 0 Å². The third-order valence-electron chi connectivity index (χ3n) is 2.06. The highest BCUT2D eigenvalue weighted by molar-refractivity contribution is 6.30. The number of halogens is 1. The third kappa shape index (κ3) is 3.41. The summed E-state index contributed by atoms with van der Waals surface area (Å²) in [6, 6.07) is 7.87. The van der Waals surface area contributed by atoms with Crippen molar-refractivity contribution in [1.29, 1.82) is 0 Å². The smallest absolute Gasteiger partial charge is 0.0601 e. The Hall–Kier alpha value is -0.970. The molecule has 0 spiro atoms. The van der Waals surface area contributed by atoms with E-state index in [1.54, 1.807) is 0 Å². The number of benzene rings is 1. The van der Waals surface area contributed by atoms with E-state index in [0.717, 1.165) is 18.1 Å². The molecule has 1 aromatic carbocycles. The van der Waals surface area contributed by atoms with Gasteiger partial charge in [-0.3, -0.25) is 4.90 Å². The maximum absolute atomic E-state index is 5.89. The second kappa shape index (κ2) is 5.70. The van der Waals surface area contributed by atoms with Gasteiger partial charge in [0.15, 0.2) is 0 Å². The zero-order valence-electron chi connectivity index (χ0n) is 8.33. The maximum atomic E-state index is 5.89. The first-order chi connectivity index (χ1) is 6.76. The summed E-state index contributed by atoms with van der Waals surface area (Å²) in [4.78, 5) is 2.19. The summed E-state index contributed by atoms with van der Waals surface area (Å²) in [6.07, 6.45) is 5.27. The molecule has 0 aliphatic carbocycles. The molecule has 0 radical (unpaired) electrons. The van der Waals surface area contributed by atoms with Crippen LogP contribution < -0.4 is 0 Å². The average molecular weight is 208 g/mol. The molecule has 0 saturated carbocycles. The van der Waals surface area contributed by atoms with Crippen LogP contribution in [0.3, 0.4) is 0 Å². The van der Waals surface area contributed by atoms with Crippen molar-refractivity contribution < 1.29 is 0 Å². The Morgan fingerprint density at radius 2 is 2.29 bits per heavy atom. The molecule has 0 aromatic heterocycles. The quantitative estimate of drug-likeness (QED) is 0.687. The van der Waals surface area contributed by atoms with Gasteiger partial charge in [-0.25, -0.2) is 0 Å². The van der Waals surface area contributed by atoms with Crippen molar-refractivity contribution in [1.82, 2.24) is 4.90 Å². The van der Waals surface area contributed by atoms with E-state index in [1.165, 1.54) is 5.56 Å². The van der Waals surface area contributed by atoms with E-state index < -0.39 is 0 Å². The predicted octanol–water partition coefficient (Wildman–Crippen LogP) is 2.80. The summed E-state index contributed by atoms with van der Waals surface area (Å²) in [5, 5.41) is 0.777. The van der Waals surface area contributed by atoms with E-state index in [-0.39, 0.29) is 0 Å². The van der Waals surface area contributed by atoms with Crippen molar-refractivity contribution in [3.8, 4) is 12.3 Å². The highest BCUT2D eigenvalue weighted by Crippen LogP contribution is 2.12. The van der Waals surface area contributed by atoms with Crippen LogP contribution in [0.25, 0.3) is 0 Å². The molecule has 2 heteroatoms. The van der Waals surface area contributed by atoms with Crippen molar-refractivity contribution in [3.05, 3.63) is 34.9 Å². The Bertz CT molecular complexity index is 327. The van der Waals surface area contributed by atoms with Gasteiger partial charge in [0, 0.05) is 11.6 Å². The largest absolute Gasteiger partial charge is 0.288 e. The van der Waals surface area contributed by atoms with Gasteiger partial charge in [-0.2, -0.15) is 0 Å². The molecule has 1 rings (SSSR count).